The largest absolute Gasteiger partial charge is 0.360 e. The first kappa shape index (κ1) is 14.3. The van der Waals surface area contributed by atoms with Gasteiger partial charge in [-0.15, -0.1) is 0 Å². The highest BCUT2D eigenvalue weighted by atomic mass is 35.5. The molecule has 0 saturated heterocycles. The van der Waals surface area contributed by atoms with E-state index >= 15 is 0 Å². The number of hydrogen-bond donors (Lipinski definition) is 2. The summed E-state index contributed by atoms with van der Waals surface area (Å²) in [4.78, 5) is 15.4. The van der Waals surface area contributed by atoms with Gasteiger partial charge < -0.3 is 10.3 Å². The normalized spacial score (nSPS) is 10.8. The Hall–Kier alpha value is -1.68. The van der Waals surface area contributed by atoms with Crippen molar-refractivity contribution in [3.05, 3.63) is 63.2 Å². The molecule has 0 aliphatic heterocycles. The Kier molecular flexibility index (Phi) is 3.81. The van der Waals surface area contributed by atoms with Crippen LogP contribution < -0.4 is 5.32 Å². The first-order valence-corrected chi connectivity index (χ1v) is 7.21. The first-order chi connectivity index (χ1) is 10.1. The highest BCUT2D eigenvalue weighted by Crippen LogP contribution is 2.34. The maximum Gasteiger partial charge on any atom is 0.257 e. The molecule has 3 aromatic rings. The second-order valence-corrected chi connectivity index (χ2v) is 5.70. The van der Waals surface area contributed by atoms with Crippen LogP contribution in [0.15, 0.2) is 42.6 Å². The van der Waals surface area contributed by atoms with Gasteiger partial charge in [-0.25, -0.2) is 0 Å². The molecule has 0 unspecified atom stereocenters. The molecule has 106 valence electrons. The number of anilines is 1. The number of nitrogens with one attached hydrogen (secondary N) is 2. The van der Waals surface area contributed by atoms with E-state index in [1.807, 2.05) is 24.3 Å². The fourth-order valence-electron chi connectivity index (χ4n) is 2.10. The first-order valence-electron chi connectivity index (χ1n) is 6.08. The molecule has 0 aliphatic rings. The van der Waals surface area contributed by atoms with Gasteiger partial charge in [0.2, 0.25) is 0 Å². The highest BCUT2D eigenvalue weighted by Gasteiger charge is 2.15. The summed E-state index contributed by atoms with van der Waals surface area (Å²) >= 11 is 18.0. The third-order valence-corrected chi connectivity index (χ3v) is 3.89. The lowest BCUT2D eigenvalue weighted by atomic mass is 10.1. The molecule has 3 rings (SSSR count). The topological polar surface area (TPSA) is 44.9 Å². The summed E-state index contributed by atoms with van der Waals surface area (Å²) in [7, 11) is 0. The molecular weight excluding hydrogens is 331 g/mol. The van der Waals surface area contributed by atoms with E-state index in [0.717, 1.165) is 10.9 Å². The third-order valence-electron chi connectivity index (χ3n) is 3.08. The van der Waals surface area contributed by atoms with Gasteiger partial charge in [0.1, 0.15) is 0 Å². The molecule has 1 amide bonds. The zero-order valence-corrected chi connectivity index (χ0v) is 12.9. The summed E-state index contributed by atoms with van der Waals surface area (Å²) in [5.74, 6) is -0.293. The van der Waals surface area contributed by atoms with Crippen LogP contribution in [0.5, 0.6) is 0 Å². The molecule has 21 heavy (non-hydrogen) atoms. The summed E-state index contributed by atoms with van der Waals surface area (Å²) < 4.78 is 0. The summed E-state index contributed by atoms with van der Waals surface area (Å²) in [5.41, 5.74) is 1.75. The minimum absolute atomic E-state index is 0.292. The Morgan fingerprint density at radius 1 is 1.05 bits per heavy atom. The molecule has 1 aromatic heterocycles. The zero-order valence-electron chi connectivity index (χ0n) is 10.6. The summed E-state index contributed by atoms with van der Waals surface area (Å²) in [6.45, 7) is 0. The lowest BCUT2D eigenvalue weighted by molar-refractivity contribution is 0.102. The van der Waals surface area contributed by atoms with Crippen LogP contribution in [-0.2, 0) is 0 Å². The fourth-order valence-corrected chi connectivity index (χ4v) is 3.01. The Morgan fingerprint density at radius 2 is 1.71 bits per heavy atom. The lowest BCUT2D eigenvalue weighted by Crippen LogP contribution is -2.12. The molecule has 3 nitrogen and oxygen atoms in total. The van der Waals surface area contributed by atoms with E-state index in [4.69, 9.17) is 34.8 Å². The number of H-pyrrole nitrogens is 1. The number of aromatic amines is 1. The van der Waals surface area contributed by atoms with Gasteiger partial charge in [0, 0.05) is 22.1 Å². The van der Waals surface area contributed by atoms with Crippen molar-refractivity contribution in [3.8, 4) is 0 Å². The molecular formula is C15H9Cl3N2O. The van der Waals surface area contributed by atoms with Crippen molar-refractivity contribution in [1.82, 2.24) is 4.98 Å². The number of para-hydroxylation sites is 1. The number of fused-ring (bicyclic) bond motifs is 1. The van der Waals surface area contributed by atoms with Crippen LogP contribution in [0.25, 0.3) is 10.9 Å². The van der Waals surface area contributed by atoms with Gasteiger partial charge in [-0.3, -0.25) is 4.79 Å². The van der Waals surface area contributed by atoms with E-state index in [9.17, 15) is 4.79 Å². The highest BCUT2D eigenvalue weighted by molar-refractivity contribution is 6.42. The SMILES string of the molecule is O=C(Nc1c(Cl)cc(Cl)cc1Cl)c1c[nH]c2ccccc12. The van der Waals surface area contributed by atoms with Crippen LogP contribution in [0.2, 0.25) is 15.1 Å². The monoisotopic (exact) mass is 338 g/mol. The molecule has 1 heterocycles. The molecule has 0 fully saturated rings. The van der Waals surface area contributed by atoms with Crippen LogP contribution in [0.3, 0.4) is 0 Å². The van der Waals surface area contributed by atoms with Crippen molar-refractivity contribution in [2.45, 2.75) is 0 Å². The third kappa shape index (κ3) is 2.72. The Labute approximate surface area is 135 Å². The van der Waals surface area contributed by atoms with E-state index in [1.165, 1.54) is 12.1 Å². The molecule has 2 N–H and O–H groups in total. The van der Waals surface area contributed by atoms with Gasteiger partial charge in [-0.2, -0.15) is 0 Å². The molecule has 0 aliphatic carbocycles. The number of amides is 1. The number of aromatic nitrogens is 1. The van der Waals surface area contributed by atoms with Crippen molar-refractivity contribution in [1.29, 1.82) is 0 Å². The van der Waals surface area contributed by atoms with E-state index in [1.54, 1.807) is 6.20 Å². The number of hydrogen-bond acceptors (Lipinski definition) is 1. The van der Waals surface area contributed by atoms with E-state index in [-0.39, 0.29) is 5.91 Å². The molecule has 2 aromatic carbocycles. The minimum atomic E-state index is -0.293. The molecule has 6 heteroatoms. The number of rotatable bonds is 2. The molecule has 0 atom stereocenters. The van der Waals surface area contributed by atoms with E-state index in [2.05, 4.69) is 10.3 Å². The van der Waals surface area contributed by atoms with E-state index in [0.29, 0.717) is 26.3 Å². The predicted octanol–water partition coefficient (Wildman–Crippen LogP) is 5.38. The second kappa shape index (κ2) is 5.60. The molecule has 0 saturated carbocycles. The summed E-state index contributed by atoms with van der Waals surface area (Å²) in [5, 5.41) is 4.55. The number of benzene rings is 2. The van der Waals surface area contributed by atoms with Crippen molar-refractivity contribution < 1.29 is 4.79 Å². The molecule has 0 spiro atoms. The number of halogens is 3. The van der Waals surface area contributed by atoms with Gasteiger partial charge in [-0.05, 0) is 18.2 Å². The quantitative estimate of drug-likeness (QED) is 0.647. The minimum Gasteiger partial charge on any atom is -0.360 e. The Balaban J connectivity index is 1.97. The molecule has 0 radical (unpaired) electrons. The van der Waals surface area contributed by atoms with Gasteiger partial charge in [0.05, 0.1) is 21.3 Å². The van der Waals surface area contributed by atoms with Crippen molar-refractivity contribution in [3.63, 3.8) is 0 Å². The summed E-state index contributed by atoms with van der Waals surface area (Å²) in [6.07, 6.45) is 1.65. The maximum atomic E-state index is 12.4. The number of carbonyl (C=O) groups is 1. The maximum absolute atomic E-state index is 12.4. The average molecular weight is 340 g/mol. The van der Waals surface area contributed by atoms with E-state index < -0.39 is 0 Å². The van der Waals surface area contributed by atoms with Crippen LogP contribution in [0.4, 0.5) is 5.69 Å². The Bertz CT molecular complexity index is 819. The van der Waals surface area contributed by atoms with Gasteiger partial charge in [0.15, 0.2) is 0 Å². The smallest absolute Gasteiger partial charge is 0.257 e. The average Bonchev–Trinajstić information content (AvgIpc) is 2.86. The van der Waals surface area contributed by atoms with Crippen molar-refractivity contribution in [2.75, 3.05) is 5.32 Å². The van der Waals surface area contributed by atoms with Gasteiger partial charge >= 0.3 is 0 Å². The van der Waals surface area contributed by atoms with Crippen LogP contribution >= 0.6 is 34.8 Å². The van der Waals surface area contributed by atoms with Crippen molar-refractivity contribution in [2.24, 2.45) is 0 Å². The summed E-state index contributed by atoms with van der Waals surface area (Å²) in [6, 6.07) is 10.6. The lowest BCUT2D eigenvalue weighted by Gasteiger charge is -2.09. The van der Waals surface area contributed by atoms with Crippen LogP contribution in [-0.4, -0.2) is 10.9 Å². The van der Waals surface area contributed by atoms with Gasteiger partial charge in [0.25, 0.3) is 5.91 Å². The fraction of sp³-hybridized carbons (Fsp3) is 0. The van der Waals surface area contributed by atoms with Crippen LogP contribution in [0, 0.1) is 0 Å². The van der Waals surface area contributed by atoms with Crippen LogP contribution in [0.1, 0.15) is 10.4 Å². The molecule has 0 bridgehead atoms. The standard InChI is InChI=1S/C15H9Cl3N2O/c16-8-5-11(17)14(12(18)6-8)20-15(21)10-7-19-13-4-2-1-3-9(10)13/h1-7,19H,(H,20,21). The zero-order chi connectivity index (χ0) is 15.0. The van der Waals surface area contributed by atoms with Gasteiger partial charge in [-0.1, -0.05) is 53.0 Å². The van der Waals surface area contributed by atoms with Crippen molar-refractivity contribution >= 4 is 57.3 Å². The second-order valence-electron chi connectivity index (χ2n) is 4.45. The number of carbonyl (C=O) groups excluding carboxylic acids is 1. The predicted molar refractivity (Wildman–Crippen MR) is 87.7 cm³/mol. The Morgan fingerprint density at radius 3 is 2.43 bits per heavy atom.